The summed E-state index contributed by atoms with van der Waals surface area (Å²) in [5.41, 5.74) is 11.6. The zero-order chi connectivity index (χ0) is 24.4. The van der Waals surface area contributed by atoms with Crippen LogP contribution in [-0.2, 0) is 24.2 Å². The Labute approximate surface area is 205 Å². The van der Waals surface area contributed by atoms with Crippen molar-refractivity contribution >= 4 is 22.9 Å². The molecule has 35 heavy (non-hydrogen) atoms. The van der Waals surface area contributed by atoms with E-state index < -0.39 is 5.91 Å². The summed E-state index contributed by atoms with van der Waals surface area (Å²) in [4.78, 5) is 20.9. The van der Waals surface area contributed by atoms with E-state index >= 15 is 0 Å². The lowest BCUT2D eigenvalue weighted by atomic mass is 10.0. The van der Waals surface area contributed by atoms with Crippen molar-refractivity contribution in [1.29, 1.82) is 0 Å². The molecular formula is C29H32N4O2. The Balaban J connectivity index is 1.40. The van der Waals surface area contributed by atoms with Gasteiger partial charge in [0.1, 0.15) is 0 Å². The first-order valence-corrected chi connectivity index (χ1v) is 12.2. The monoisotopic (exact) mass is 468 g/mol. The quantitative estimate of drug-likeness (QED) is 0.159. The van der Waals surface area contributed by atoms with Gasteiger partial charge in [-0.3, -0.25) is 14.9 Å². The molecule has 0 radical (unpaired) electrons. The van der Waals surface area contributed by atoms with Gasteiger partial charge in [-0.15, -0.1) is 0 Å². The Morgan fingerprint density at radius 3 is 2.83 bits per heavy atom. The first-order chi connectivity index (χ1) is 17.0. The highest BCUT2D eigenvalue weighted by Gasteiger charge is 2.28. The smallest absolute Gasteiger partial charge is 0.267 e. The van der Waals surface area contributed by atoms with Gasteiger partial charge in [-0.1, -0.05) is 36.4 Å². The van der Waals surface area contributed by atoms with Crippen molar-refractivity contribution < 1.29 is 10.0 Å². The van der Waals surface area contributed by atoms with Crippen LogP contribution < -0.4 is 5.48 Å². The Kier molecular flexibility index (Phi) is 6.57. The maximum Gasteiger partial charge on any atom is 0.267 e. The minimum absolute atomic E-state index is 0.351. The number of nitrogens with one attached hydrogen (secondary N) is 3. The van der Waals surface area contributed by atoms with Gasteiger partial charge in [0.25, 0.3) is 5.91 Å². The maximum atomic E-state index is 11.4. The molecule has 2 aromatic carbocycles. The van der Waals surface area contributed by atoms with E-state index in [2.05, 4.69) is 83.4 Å². The van der Waals surface area contributed by atoms with Gasteiger partial charge in [-0.2, -0.15) is 0 Å². The first-order valence-electron chi connectivity index (χ1n) is 12.2. The molecule has 1 aliphatic rings. The van der Waals surface area contributed by atoms with Crippen molar-refractivity contribution in [1.82, 2.24) is 20.3 Å². The fourth-order valence-electron chi connectivity index (χ4n) is 5.42. The SMILES string of the molecule is Cc1cc(CN(CCc2c[nH]c3ccccc23)C2CCc3cc(C=CC(=O)NO)ccc32)c(C)[nH]1. The average molecular weight is 469 g/mol. The van der Waals surface area contributed by atoms with Crippen LogP contribution in [0, 0.1) is 13.8 Å². The van der Waals surface area contributed by atoms with Crippen LogP contribution in [0.15, 0.2) is 60.8 Å². The fourth-order valence-corrected chi connectivity index (χ4v) is 5.42. The predicted molar refractivity (Wildman–Crippen MR) is 139 cm³/mol. The van der Waals surface area contributed by atoms with Crippen molar-refractivity contribution in [2.45, 2.75) is 45.7 Å². The fraction of sp³-hybridized carbons (Fsp3) is 0.276. The van der Waals surface area contributed by atoms with E-state index in [9.17, 15) is 4.79 Å². The number of aromatic amines is 2. The molecule has 0 saturated carbocycles. The Hall–Kier alpha value is -3.61. The maximum absolute atomic E-state index is 11.4. The Bertz CT molecular complexity index is 1380. The molecule has 5 rings (SSSR count). The molecule has 0 spiro atoms. The number of carbonyl (C=O) groups is 1. The number of para-hydroxylation sites is 1. The van der Waals surface area contributed by atoms with Gasteiger partial charge >= 0.3 is 0 Å². The number of carbonyl (C=O) groups excluding carboxylic acids is 1. The predicted octanol–water partition coefficient (Wildman–Crippen LogP) is 5.36. The van der Waals surface area contributed by atoms with E-state index in [0.29, 0.717) is 6.04 Å². The standard InChI is InChI=1S/C29H32N4O2/c1-19-15-24(20(2)31-19)18-33(14-13-23-17-30-27-6-4-3-5-25(23)27)28-11-9-22-16-21(7-10-26(22)28)8-12-29(34)32-35/h3-8,10,12,15-17,28,30-31,35H,9,11,13-14,18H2,1-2H3,(H,32,34). The van der Waals surface area contributed by atoms with Gasteiger partial charge in [-0.25, -0.2) is 5.48 Å². The molecule has 6 heteroatoms. The highest BCUT2D eigenvalue weighted by atomic mass is 16.5. The molecule has 4 N–H and O–H groups in total. The van der Waals surface area contributed by atoms with E-state index in [0.717, 1.165) is 37.9 Å². The highest BCUT2D eigenvalue weighted by molar-refractivity contribution is 5.90. The van der Waals surface area contributed by atoms with Crippen molar-refractivity contribution in [3.63, 3.8) is 0 Å². The second-order valence-electron chi connectivity index (χ2n) is 9.50. The number of amides is 1. The first kappa shape index (κ1) is 23.1. The van der Waals surface area contributed by atoms with Crippen molar-refractivity contribution in [2.24, 2.45) is 0 Å². The summed E-state index contributed by atoms with van der Waals surface area (Å²) in [6, 6.07) is 17.6. The van der Waals surface area contributed by atoms with Crippen LogP contribution in [0.1, 0.15) is 51.7 Å². The minimum atomic E-state index is -0.524. The number of H-pyrrole nitrogens is 2. The average Bonchev–Trinajstić information content (AvgIpc) is 3.56. The van der Waals surface area contributed by atoms with E-state index in [1.807, 2.05) is 0 Å². The van der Waals surface area contributed by atoms with Gasteiger partial charge in [-0.05, 0) is 79.1 Å². The Morgan fingerprint density at radius 2 is 2.03 bits per heavy atom. The lowest BCUT2D eigenvalue weighted by molar-refractivity contribution is -0.124. The number of hydrogen-bond donors (Lipinski definition) is 4. The summed E-state index contributed by atoms with van der Waals surface area (Å²) in [6.45, 7) is 6.14. The van der Waals surface area contributed by atoms with Crippen molar-refractivity contribution in [3.8, 4) is 0 Å². The zero-order valence-corrected chi connectivity index (χ0v) is 20.3. The van der Waals surface area contributed by atoms with Crippen LogP contribution >= 0.6 is 0 Å². The number of aryl methyl sites for hydroxylation is 3. The highest BCUT2D eigenvalue weighted by Crippen LogP contribution is 2.38. The second kappa shape index (κ2) is 9.94. The van der Waals surface area contributed by atoms with E-state index in [-0.39, 0.29) is 0 Å². The Morgan fingerprint density at radius 1 is 1.17 bits per heavy atom. The third kappa shape index (κ3) is 4.94. The third-order valence-corrected chi connectivity index (χ3v) is 7.17. The summed E-state index contributed by atoms with van der Waals surface area (Å²) >= 11 is 0. The number of benzene rings is 2. The molecule has 1 atom stereocenters. The molecule has 0 aliphatic heterocycles. The summed E-state index contributed by atoms with van der Waals surface area (Å²) < 4.78 is 0. The number of fused-ring (bicyclic) bond motifs is 2. The second-order valence-corrected chi connectivity index (χ2v) is 9.50. The van der Waals surface area contributed by atoms with Gasteiger partial charge < -0.3 is 9.97 Å². The van der Waals surface area contributed by atoms with Crippen LogP contribution in [0.25, 0.3) is 17.0 Å². The largest absolute Gasteiger partial charge is 0.362 e. The van der Waals surface area contributed by atoms with Gasteiger partial charge in [0.15, 0.2) is 0 Å². The van der Waals surface area contributed by atoms with Crippen LogP contribution in [0.2, 0.25) is 0 Å². The minimum Gasteiger partial charge on any atom is -0.362 e. The molecule has 0 bridgehead atoms. The van der Waals surface area contributed by atoms with Crippen LogP contribution in [0.5, 0.6) is 0 Å². The number of rotatable bonds is 8. The lowest BCUT2D eigenvalue weighted by Gasteiger charge is -2.30. The number of hydrogen-bond acceptors (Lipinski definition) is 3. The van der Waals surface area contributed by atoms with Gasteiger partial charge in [0.2, 0.25) is 0 Å². The van der Waals surface area contributed by atoms with Crippen LogP contribution in [-0.4, -0.2) is 32.5 Å². The number of hydroxylamine groups is 1. The summed E-state index contributed by atoms with van der Waals surface area (Å²) in [7, 11) is 0. The normalized spacial score (nSPS) is 15.4. The molecule has 180 valence electrons. The topological polar surface area (TPSA) is 84.2 Å². The summed E-state index contributed by atoms with van der Waals surface area (Å²) in [6.07, 6.45) is 8.31. The van der Waals surface area contributed by atoms with Crippen molar-refractivity contribution in [2.75, 3.05) is 6.54 Å². The van der Waals surface area contributed by atoms with Crippen LogP contribution in [0.4, 0.5) is 0 Å². The molecule has 4 aromatic rings. The number of aromatic nitrogens is 2. The molecule has 1 unspecified atom stereocenters. The summed E-state index contributed by atoms with van der Waals surface area (Å²) in [5.74, 6) is -0.524. The van der Waals surface area contributed by atoms with E-state index in [1.165, 1.54) is 50.6 Å². The molecule has 6 nitrogen and oxygen atoms in total. The van der Waals surface area contributed by atoms with E-state index in [1.54, 1.807) is 11.6 Å². The van der Waals surface area contributed by atoms with Gasteiger partial charge in [0.05, 0.1) is 0 Å². The zero-order valence-electron chi connectivity index (χ0n) is 20.3. The summed E-state index contributed by atoms with van der Waals surface area (Å²) in [5, 5.41) is 10.0. The van der Waals surface area contributed by atoms with Crippen molar-refractivity contribution in [3.05, 3.63) is 100 Å². The molecule has 1 amide bonds. The molecule has 0 fully saturated rings. The third-order valence-electron chi connectivity index (χ3n) is 7.17. The van der Waals surface area contributed by atoms with Gasteiger partial charge in [0, 0.05) is 53.7 Å². The number of nitrogens with zero attached hydrogens (tertiary/aromatic N) is 1. The molecule has 1 aliphatic carbocycles. The molecular weight excluding hydrogens is 436 g/mol. The molecule has 0 saturated heterocycles. The molecule has 2 heterocycles. The van der Waals surface area contributed by atoms with E-state index in [4.69, 9.17) is 5.21 Å². The lowest BCUT2D eigenvalue weighted by Crippen LogP contribution is -2.29. The molecule has 2 aromatic heterocycles. The van der Waals surface area contributed by atoms with Crippen LogP contribution in [0.3, 0.4) is 0 Å².